The van der Waals surface area contributed by atoms with Crippen molar-refractivity contribution in [2.75, 3.05) is 5.32 Å². The van der Waals surface area contributed by atoms with Crippen LogP contribution in [0.4, 0.5) is 9.52 Å². The molecule has 1 aliphatic heterocycles. The summed E-state index contributed by atoms with van der Waals surface area (Å²) < 4.78 is 14.9. The zero-order valence-electron chi connectivity index (χ0n) is 17.5. The van der Waals surface area contributed by atoms with Gasteiger partial charge >= 0.3 is 0 Å². The van der Waals surface area contributed by atoms with Crippen LogP contribution in [-0.4, -0.2) is 20.4 Å². The van der Waals surface area contributed by atoms with Crippen LogP contribution in [0.15, 0.2) is 35.3 Å². The van der Waals surface area contributed by atoms with E-state index in [0.29, 0.717) is 38.8 Å². The van der Waals surface area contributed by atoms with Crippen molar-refractivity contribution in [2.45, 2.75) is 45.6 Å². The van der Waals surface area contributed by atoms with Crippen molar-refractivity contribution in [1.29, 1.82) is 0 Å². The van der Waals surface area contributed by atoms with Gasteiger partial charge in [0.1, 0.15) is 16.5 Å². The van der Waals surface area contributed by atoms with Gasteiger partial charge in [-0.15, -0.1) is 22.7 Å². The Bertz CT molecular complexity index is 1370. The zero-order valence-corrected chi connectivity index (χ0v) is 19.1. The number of carbonyl (C=O) groups is 1. The number of amides is 1. The highest BCUT2D eigenvalue weighted by atomic mass is 32.1. The van der Waals surface area contributed by atoms with Gasteiger partial charge in [-0.1, -0.05) is 18.6 Å². The number of nitrogens with zero attached hydrogens (tertiary/aromatic N) is 3. The molecule has 0 saturated carbocycles. The SMILES string of the molecule is Cc1c(C(=O)Nc2ncc(Cc3ccc(F)cc3)s2)sc2nc3n(c(=O)c12)CCCCC3. The highest BCUT2D eigenvalue weighted by Crippen LogP contribution is 2.30. The average Bonchev–Trinajstić information content (AvgIpc) is 3.25. The van der Waals surface area contributed by atoms with E-state index in [1.54, 1.807) is 22.9 Å². The van der Waals surface area contributed by atoms with Gasteiger partial charge < -0.3 is 0 Å². The summed E-state index contributed by atoms with van der Waals surface area (Å²) in [6.07, 6.45) is 6.22. The Morgan fingerprint density at radius 1 is 1.19 bits per heavy atom. The van der Waals surface area contributed by atoms with Crippen LogP contribution in [0.2, 0.25) is 0 Å². The third kappa shape index (κ3) is 3.98. The fourth-order valence-corrected chi connectivity index (χ4v) is 5.96. The lowest BCUT2D eigenvalue weighted by Crippen LogP contribution is -2.24. The smallest absolute Gasteiger partial charge is 0.267 e. The lowest BCUT2D eigenvalue weighted by Gasteiger charge is -2.08. The molecular weight excluding hydrogens is 447 g/mol. The molecule has 4 heterocycles. The maximum atomic E-state index is 13.1. The van der Waals surface area contributed by atoms with E-state index in [1.807, 2.05) is 6.92 Å². The van der Waals surface area contributed by atoms with Crippen molar-refractivity contribution >= 4 is 43.9 Å². The molecule has 0 saturated heterocycles. The monoisotopic (exact) mass is 468 g/mol. The van der Waals surface area contributed by atoms with Crippen molar-refractivity contribution in [1.82, 2.24) is 14.5 Å². The second-order valence-electron chi connectivity index (χ2n) is 7.92. The summed E-state index contributed by atoms with van der Waals surface area (Å²) in [4.78, 5) is 37.2. The molecule has 0 spiro atoms. The number of thiophene rings is 1. The summed E-state index contributed by atoms with van der Waals surface area (Å²) in [6.45, 7) is 2.49. The fourth-order valence-electron chi connectivity index (χ4n) is 4.03. The first-order valence-electron chi connectivity index (χ1n) is 10.5. The van der Waals surface area contributed by atoms with E-state index in [0.717, 1.165) is 41.9 Å². The Morgan fingerprint density at radius 3 is 2.81 bits per heavy atom. The number of anilines is 1. The molecule has 1 amide bonds. The largest absolute Gasteiger partial charge is 0.297 e. The third-order valence-corrected chi connectivity index (χ3v) is 7.78. The molecule has 1 N–H and O–H groups in total. The molecular formula is C23H21FN4O2S2. The molecule has 0 atom stereocenters. The summed E-state index contributed by atoms with van der Waals surface area (Å²) in [6, 6.07) is 6.33. The number of hydrogen-bond donors (Lipinski definition) is 1. The number of aromatic nitrogens is 3. The van der Waals surface area contributed by atoms with E-state index in [-0.39, 0.29) is 17.3 Å². The normalized spacial score (nSPS) is 13.7. The Kier molecular flexibility index (Phi) is 5.60. The highest BCUT2D eigenvalue weighted by molar-refractivity contribution is 7.21. The first kappa shape index (κ1) is 21.0. The van der Waals surface area contributed by atoms with Crippen LogP contribution in [0.5, 0.6) is 0 Å². The number of thiazole rings is 1. The van der Waals surface area contributed by atoms with Crippen LogP contribution in [-0.2, 0) is 19.4 Å². The minimum Gasteiger partial charge on any atom is -0.297 e. The van der Waals surface area contributed by atoms with E-state index in [1.165, 1.54) is 34.8 Å². The van der Waals surface area contributed by atoms with Gasteiger partial charge in [-0.05, 0) is 43.0 Å². The molecule has 0 bridgehead atoms. The van der Waals surface area contributed by atoms with Gasteiger partial charge in [0.05, 0.1) is 10.3 Å². The zero-order chi connectivity index (χ0) is 22.2. The third-order valence-electron chi connectivity index (χ3n) is 5.68. The van der Waals surface area contributed by atoms with Gasteiger partial charge in [0.25, 0.3) is 11.5 Å². The summed E-state index contributed by atoms with van der Waals surface area (Å²) in [5.41, 5.74) is 1.60. The lowest BCUT2D eigenvalue weighted by atomic mass is 10.1. The molecule has 0 unspecified atom stereocenters. The lowest BCUT2D eigenvalue weighted by molar-refractivity contribution is 0.103. The van der Waals surface area contributed by atoms with Crippen molar-refractivity contribution in [2.24, 2.45) is 0 Å². The molecule has 1 aromatic carbocycles. The Balaban J connectivity index is 1.39. The van der Waals surface area contributed by atoms with Gasteiger partial charge in [-0.3, -0.25) is 19.5 Å². The molecule has 6 nitrogen and oxygen atoms in total. The molecule has 0 radical (unpaired) electrons. The standard InChI is InChI=1S/C23H21FN4O2S2/c1-13-18-21(26-17-5-3-2-4-10-28(17)22(18)30)32-19(13)20(29)27-23-25-12-16(31-23)11-14-6-8-15(24)9-7-14/h6-9,12H,2-5,10-11H2,1H3,(H,25,27,29). The molecule has 3 aromatic heterocycles. The van der Waals surface area contributed by atoms with Crippen molar-refractivity contribution in [3.05, 3.63) is 73.3 Å². The predicted molar refractivity (Wildman–Crippen MR) is 125 cm³/mol. The van der Waals surface area contributed by atoms with E-state index >= 15 is 0 Å². The van der Waals surface area contributed by atoms with Gasteiger partial charge in [-0.25, -0.2) is 14.4 Å². The fraction of sp³-hybridized carbons (Fsp3) is 0.304. The molecule has 9 heteroatoms. The Labute approximate surface area is 191 Å². The number of halogens is 1. The maximum Gasteiger partial charge on any atom is 0.267 e. The van der Waals surface area contributed by atoms with E-state index < -0.39 is 0 Å². The van der Waals surface area contributed by atoms with E-state index in [2.05, 4.69) is 10.3 Å². The van der Waals surface area contributed by atoms with Gasteiger partial charge in [0, 0.05) is 30.5 Å². The summed E-state index contributed by atoms with van der Waals surface area (Å²) in [5, 5.41) is 3.89. The molecule has 0 aliphatic carbocycles. The van der Waals surface area contributed by atoms with Crippen LogP contribution in [0.25, 0.3) is 10.2 Å². The van der Waals surface area contributed by atoms with Gasteiger partial charge in [-0.2, -0.15) is 0 Å². The van der Waals surface area contributed by atoms with Gasteiger partial charge in [0.2, 0.25) is 0 Å². The maximum absolute atomic E-state index is 13.1. The minimum atomic E-state index is -0.284. The Hall–Kier alpha value is -2.91. The number of rotatable bonds is 4. The quantitative estimate of drug-likeness (QED) is 0.461. The minimum absolute atomic E-state index is 0.0458. The van der Waals surface area contributed by atoms with E-state index in [4.69, 9.17) is 4.98 Å². The second-order valence-corrected chi connectivity index (χ2v) is 10.0. The number of hydrogen-bond acceptors (Lipinski definition) is 6. The van der Waals surface area contributed by atoms with Crippen LogP contribution >= 0.6 is 22.7 Å². The number of carbonyl (C=O) groups excluding carboxylic acids is 1. The van der Waals surface area contributed by atoms with Crippen LogP contribution < -0.4 is 10.9 Å². The molecule has 4 aromatic rings. The molecule has 0 fully saturated rings. The summed E-state index contributed by atoms with van der Waals surface area (Å²) in [5.74, 6) is 0.265. The Morgan fingerprint density at radius 2 is 2.00 bits per heavy atom. The number of aryl methyl sites for hydroxylation is 2. The topological polar surface area (TPSA) is 76.9 Å². The molecule has 32 heavy (non-hydrogen) atoms. The molecule has 164 valence electrons. The average molecular weight is 469 g/mol. The van der Waals surface area contributed by atoms with Crippen LogP contribution in [0, 0.1) is 12.7 Å². The van der Waals surface area contributed by atoms with E-state index in [9.17, 15) is 14.0 Å². The highest BCUT2D eigenvalue weighted by Gasteiger charge is 2.22. The number of nitrogens with one attached hydrogen (secondary N) is 1. The number of benzene rings is 1. The first-order valence-corrected chi connectivity index (χ1v) is 12.2. The predicted octanol–water partition coefficient (Wildman–Crippen LogP) is 4.93. The molecule has 5 rings (SSSR count). The van der Waals surface area contributed by atoms with Crippen LogP contribution in [0.1, 0.15) is 50.8 Å². The van der Waals surface area contributed by atoms with Crippen LogP contribution in [0.3, 0.4) is 0 Å². The summed E-state index contributed by atoms with van der Waals surface area (Å²) in [7, 11) is 0. The van der Waals surface area contributed by atoms with Crippen molar-refractivity contribution in [3.63, 3.8) is 0 Å². The second kappa shape index (κ2) is 8.55. The first-order chi connectivity index (χ1) is 15.5. The van der Waals surface area contributed by atoms with Gasteiger partial charge in [0.15, 0.2) is 5.13 Å². The summed E-state index contributed by atoms with van der Waals surface area (Å²) >= 11 is 2.64. The van der Waals surface area contributed by atoms with Crippen molar-refractivity contribution in [3.8, 4) is 0 Å². The number of fused-ring (bicyclic) bond motifs is 2. The van der Waals surface area contributed by atoms with Crippen molar-refractivity contribution < 1.29 is 9.18 Å². The molecule has 1 aliphatic rings.